The molecule has 2 N–H and O–H groups in total. The van der Waals surface area contributed by atoms with Crippen LogP contribution in [0.15, 0.2) is 48.7 Å². The largest absolute Gasteiger partial charge is 0.361 e. The summed E-state index contributed by atoms with van der Waals surface area (Å²) in [6, 6.07) is 16.2. The molecule has 2 fully saturated rings. The van der Waals surface area contributed by atoms with Gasteiger partial charge in [-0.1, -0.05) is 37.1 Å². The fraction of sp³-hybridized carbons (Fsp3) is 0.481. The Morgan fingerprint density at radius 2 is 1.76 bits per heavy atom. The second-order valence-corrected chi connectivity index (χ2v) is 11.9. The van der Waals surface area contributed by atoms with E-state index in [9.17, 15) is 8.42 Å². The van der Waals surface area contributed by atoms with Crippen molar-refractivity contribution in [2.24, 2.45) is 0 Å². The van der Waals surface area contributed by atoms with E-state index in [0.29, 0.717) is 25.0 Å². The van der Waals surface area contributed by atoms with Crippen LogP contribution in [-0.4, -0.2) is 42.6 Å². The number of aromatic amines is 1. The smallest absolute Gasteiger partial charge is 0.213 e. The molecule has 0 radical (unpaired) electrons. The molecule has 5 rings (SSSR count). The summed E-state index contributed by atoms with van der Waals surface area (Å²) in [4.78, 5) is 3.44. The average molecular weight is 466 g/mol. The first-order valence-electron chi connectivity index (χ1n) is 12.4. The highest BCUT2D eigenvalue weighted by molar-refractivity contribution is 7.89. The van der Waals surface area contributed by atoms with Crippen LogP contribution in [0.1, 0.15) is 62.5 Å². The van der Waals surface area contributed by atoms with Gasteiger partial charge in [0.2, 0.25) is 10.0 Å². The molecule has 2 aliphatic rings. The number of sulfonamides is 1. The lowest BCUT2D eigenvalue weighted by Gasteiger charge is -2.30. The molecule has 0 bridgehead atoms. The van der Waals surface area contributed by atoms with E-state index < -0.39 is 10.0 Å². The Morgan fingerprint density at radius 3 is 2.52 bits per heavy atom. The average Bonchev–Trinajstić information content (AvgIpc) is 3.52. The number of nitrogens with zero attached hydrogens (tertiary/aromatic N) is 1. The number of H-pyrrole nitrogens is 1. The highest BCUT2D eigenvalue weighted by atomic mass is 32.2. The molecule has 1 aromatic heterocycles. The van der Waals surface area contributed by atoms with Gasteiger partial charge < -0.3 is 10.3 Å². The number of rotatable bonds is 7. The van der Waals surface area contributed by atoms with Gasteiger partial charge in [-0.3, -0.25) is 0 Å². The Morgan fingerprint density at radius 1 is 1.00 bits per heavy atom. The van der Waals surface area contributed by atoms with Crippen molar-refractivity contribution in [2.45, 2.75) is 64.0 Å². The molecule has 3 aromatic rings. The molecule has 1 saturated carbocycles. The van der Waals surface area contributed by atoms with E-state index in [2.05, 4.69) is 59.0 Å². The van der Waals surface area contributed by atoms with E-state index in [1.807, 2.05) is 0 Å². The van der Waals surface area contributed by atoms with Gasteiger partial charge in [-0.2, -0.15) is 0 Å². The van der Waals surface area contributed by atoms with Gasteiger partial charge in [-0.05, 0) is 79.0 Å². The highest BCUT2D eigenvalue weighted by Gasteiger charge is 2.28. The summed E-state index contributed by atoms with van der Waals surface area (Å²) >= 11 is 0. The van der Waals surface area contributed by atoms with Gasteiger partial charge in [0.25, 0.3) is 0 Å². The number of nitrogens with one attached hydrogen (secondary N) is 2. The van der Waals surface area contributed by atoms with E-state index in [1.54, 1.807) is 11.2 Å². The third-order valence-corrected chi connectivity index (χ3v) is 9.46. The van der Waals surface area contributed by atoms with Crippen LogP contribution in [-0.2, 0) is 16.6 Å². The predicted octanol–water partition coefficient (Wildman–Crippen LogP) is 5.40. The van der Waals surface area contributed by atoms with E-state index in [0.717, 1.165) is 24.9 Å². The summed E-state index contributed by atoms with van der Waals surface area (Å²) in [6.07, 6.45) is 9.18. The second-order valence-electron chi connectivity index (χ2n) is 9.64. The molecule has 176 valence electrons. The van der Waals surface area contributed by atoms with Crippen LogP contribution in [0.25, 0.3) is 22.0 Å². The number of benzene rings is 2. The Balaban J connectivity index is 1.34. The van der Waals surface area contributed by atoms with Crippen LogP contribution in [0.4, 0.5) is 0 Å². The lowest BCUT2D eigenvalue weighted by atomic mass is 9.89. The summed E-state index contributed by atoms with van der Waals surface area (Å²) in [5.74, 6) is 0.572. The van der Waals surface area contributed by atoms with Crippen LogP contribution in [0.5, 0.6) is 0 Å². The van der Waals surface area contributed by atoms with Crippen LogP contribution < -0.4 is 5.32 Å². The standard InChI is InChI=1S/C27H35N3O2S/c1-2-33(31,32)30-14-12-21(13-15-30)26-19-29-27-11-10-23(17-25(26)27)22-7-5-6-20(16-22)18-28-24-8-3-4-9-24/h5-7,10-11,16-17,19,21,24,28-29H,2-4,8-9,12-15,18H2,1H3. The molecule has 5 nitrogen and oxygen atoms in total. The van der Waals surface area contributed by atoms with Gasteiger partial charge in [0.15, 0.2) is 0 Å². The van der Waals surface area contributed by atoms with Crippen LogP contribution in [0, 0.1) is 0 Å². The number of piperidine rings is 1. The normalized spacial score (nSPS) is 18.9. The molecule has 0 spiro atoms. The predicted molar refractivity (Wildman–Crippen MR) is 136 cm³/mol. The number of aromatic nitrogens is 1. The molecule has 2 aromatic carbocycles. The molecule has 33 heavy (non-hydrogen) atoms. The molecule has 6 heteroatoms. The molecule has 1 aliphatic carbocycles. The number of fused-ring (bicyclic) bond motifs is 1. The maximum absolute atomic E-state index is 12.2. The molecule has 0 atom stereocenters. The zero-order chi connectivity index (χ0) is 22.8. The topological polar surface area (TPSA) is 65.2 Å². The Hall–Kier alpha value is -2.15. The highest BCUT2D eigenvalue weighted by Crippen LogP contribution is 2.36. The lowest BCUT2D eigenvalue weighted by molar-refractivity contribution is 0.321. The first-order valence-corrected chi connectivity index (χ1v) is 14.1. The van der Waals surface area contributed by atoms with Gasteiger partial charge in [0, 0.05) is 42.8 Å². The van der Waals surface area contributed by atoms with E-state index in [1.165, 1.54) is 53.3 Å². The molecule has 1 aliphatic heterocycles. The van der Waals surface area contributed by atoms with E-state index >= 15 is 0 Å². The molecule has 0 unspecified atom stereocenters. The molecule has 1 saturated heterocycles. The van der Waals surface area contributed by atoms with Gasteiger partial charge in [-0.15, -0.1) is 0 Å². The number of hydrogen-bond acceptors (Lipinski definition) is 3. The van der Waals surface area contributed by atoms with Gasteiger partial charge in [-0.25, -0.2) is 12.7 Å². The van der Waals surface area contributed by atoms with Crippen molar-refractivity contribution in [1.82, 2.24) is 14.6 Å². The third kappa shape index (κ3) is 4.88. The molecule has 2 heterocycles. The van der Waals surface area contributed by atoms with E-state index in [4.69, 9.17) is 0 Å². The van der Waals surface area contributed by atoms with Gasteiger partial charge in [0.1, 0.15) is 0 Å². The van der Waals surface area contributed by atoms with Crippen molar-refractivity contribution >= 4 is 20.9 Å². The summed E-state index contributed by atoms with van der Waals surface area (Å²) < 4.78 is 26.1. The van der Waals surface area contributed by atoms with E-state index in [-0.39, 0.29) is 5.75 Å². The lowest BCUT2D eigenvalue weighted by Crippen LogP contribution is -2.38. The maximum atomic E-state index is 12.2. The minimum absolute atomic E-state index is 0.184. The Kier molecular flexibility index (Phi) is 6.59. The summed E-state index contributed by atoms with van der Waals surface area (Å²) in [5, 5.41) is 4.98. The zero-order valence-electron chi connectivity index (χ0n) is 19.5. The maximum Gasteiger partial charge on any atom is 0.213 e. The van der Waals surface area contributed by atoms with Crippen molar-refractivity contribution < 1.29 is 8.42 Å². The number of hydrogen-bond donors (Lipinski definition) is 2. The summed E-state index contributed by atoms with van der Waals surface area (Å²) in [6.45, 7) is 3.88. The van der Waals surface area contributed by atoms with Gasteiger partial charge >= 0.3 is 0 Å². The molecular formula is C27H35N3O2S. The first-order chi connectivity index (χ1) is 16.0. The van der Waals surface area contributed by atoms with Crippen molar-refractivity contribution in [1.29, 1.82) is 0 Å². The molecular weight excluding hydrogens is 430 g/mol. The zero-order valence-corrected chi connectivity index (χ0v) is 20.3. The first kappa shape index (κ1) is 22.6. The monoisotopic (exact) mass is 465 g/mol. The van der Waals surface area contributed by atoms with Crippen molar-refractivity contribution in [2.75, 3.05) is 18.8 Å². The minimum atomic E-state index is -3.09. The van der Waals surface area contributed by atoms with Crippen molar-refractivity contribution in [3.8, 4) is 11.1 Å². The third-order valence-electron chi connectivity index (χ3n) is 7.58. The SMILES string of the molecule is CCS(=O)(=O)N1CCC(c2c[nH]c3ccc(-c4cccc(CNC5CCCC5)c4)cc23)CC1. The summed E-state index contributed by atoms with van der Waals surface area (Å²) in [5.41, 5.74) is 6.28. The van der Waals surface area contributed by atoms with Gasteiger partial charge in [0.05, 0.1) is 5.75 Å². The van der Waals surface area contributed by atoms with Crippen LogP contribution in [0.2, 0.25) is 0 Å². The second kappa shape index (κ2) is 9.61. The Bertz CT molecular complexity index is 1200. The van der Waals surface area contributed by atoms with Crippen LogP contribution in [0.3, 0.4) is 0 Å². The van der Waals surface area contributed by atoms with Crippen molar-refractivity contribution in [3.05, 3.63) is 59.8 Å². The van der Waals surface area contributed by atoms with Crippen LogP contribution >= 0.6 is 0 Å². The fourth-order valence-electron chi connectivity index (χ4n) is 5.54. The Labute approximate surface area is 197 Å². The minimum Gasteiger partial charge on any atom is -0.361 e. The fourth-order valence-corrected chi connectivity index (χ4v) is 6.67. The summed E-state index contributed by atoms with van der Waals surface area (Å²) in [7, 11) is -3.09. The quantitative estimate of drug-likeness (QED) is 0.491. The van der Waals surface area contributed by atoms with Crippen molar-refractivity contribution in [3.63, 3.8) is 0 Å². The molecule has 0 amide bonds.